The van der Waals surface area contributed by atoms with Crippen molar-refractivity contribution in [1.29, 1.82) is 0 Å². The highest BCUT2D eigenvalue weighted by Crippen LogP contribution is 2.40. The predicted molar refractivity (Wildman–Crippen MR) is 118 cm³/mol. The number of methoxy groups -OCH3 is 1. The molecule has 1 aliphatic rings. The van der Waals surface area contributed by atoms with Crippen LogP contribution in [-0.4, -0.2) is 23.7 Å². The summed E-state index contributed by atoms with van der Waals surface area (Å²) in [6.45, 7) is 1.01. The Morgan fingerprint density at radius 1 is 1.06 bits per heavy atom. The van der Waals surface area contributed by atoms with Gasteiger partial charge >= 0.3 is 6.18 Å². The topological polar surface area (TPSA) is 64.8 Å². The van der Waals surface area contributed by atoms with Crippen LogP contribution in [0.2, 0.25) is 0 Å². The van der Waals surface area contributed by atoms with Gasteiger partial charge < -0.3 is 13.9 Å². The normalized spacial score (nSPS) is 14.0. The van der Waals surface area contributed by atoms with E-state index in [1.54, 1.807) is 18.5 Å². The van der Waals surface area contributed by atoms with Gasteiger partial charge in [0.05, 0.1) is 23.6 Å². The van der Waals surface area contributed by atoms with E-state index in [4.69, 9.17) is 13.9 Å². The molecule has 9 heteroatoms. The lowest BCUT2D eigenvalue weighted by Crippen LogP contribution is -2.32. The fourth-order valence-electron chi connectivity index (χ4n) is 4.08. The van der Waals surface area contributed by atoms with E-state index in [1.807, 2.05) is 17.0 Å². The maximum absolute atomic E-state index is 14.1. The average molecular weight is 468 g/mol. The Kier molecular flexibility index (Phi) is 5.49. The second-order valence-corrected chi connectivity index (χ2v) is 7.90. The Morgan fingerprint density at radius 2 is 1.79 bits per heavy atom. The van der Waals surface area contributed by atoms with Crippen molar-refractivity contribution >= 4 is 11.0 Å². The highest BCUT2D eigenvalue weighted by molar-refractivity contribution is 5.87. The molecule has 0 atom stereocenters. The van der Waals surface area contributed by atoms with Crippen molar-refractivity contribution in [3.63, 3.8) is 0 Å². The van der Waals surface area contributed by atoms with Crippen LogP contribution in [0, 0.1) is 0 Å². The van der Waals surface area contributed by atoms with Crippen LogP contribution in [0.15, 0.2) is 70.1 Å². The molecule has 0 aliphatic carbocycles. The minimum Gasteiger partial charge on any atom is -0.497 e. The van der Waals surface area contributed by atoms with Crippen LogP contribution >= 0.6 is 0 Å². The minimum absolute atomic E-state index is 0.0620. The van der Waals surface area contributed by atoms with Crippen LogP contribution in [0.5, 0.6) is 11.5 Å². The molecule has 0 unspecified atom stereocenters. The fourth-order valence-corrected chi connectivity index (χ4v) is 4.08. The van der Waals surface area contributed by atoms with E-state index in [0.29, 0.717) is 23.6 Å². The fraction of sp³-hybridized carbons (Fsp3) is 0.200. The van der Waals surface area contributed by atoms with Gasteiger partial charge in [-0.25, -0.2) is 0 Å². The zero-order chi connectivity index (χ0) is 23.9. The summed E-state index contributed by atoms with van der Waals surface area (Å²) in [7, 11) is 1.45. The van der Waals surface area contributed by atoms with E-state index in [-0.39, 0.29) is 29.8 Å². The molecule has 3 heterocycles. The number of alkyl halides is 3. The van der Waals surface area contributed by atoms with Crippen molar-refractivity contribution in [2.45, 2.75) is 19.3 Å². The molecule has 0 saturated carbocycles. The monoisotopic (exact) mass is 468 g/mol. The molecule has 0 amide bonds. The van der Waals surface area contributed by atoms with Gasteiger partial charge in [0.15, 0.2) is 0 Å². The van der Waals surface area contributed by atoms with Crippen molar-refractivity contribution in [2.24, 2.45) is 0 Å². The van der Waals surface area contributed by atoms with Gasteiger partial charge in [-0.15, -0.1) is 0 Å². The maximum atomic E-state index is 14.1. The van der Waals surface area contributed by atoms with Gasteiger partial charge in [0.2, 0.25) is 11.2 Å². The Morgan fingerprint density at radius 3 is 2.47 bits per heavy atom. The molecule has 0 N–H and O–H groups in total. The molecule has 174 valence electrons. The van der Waals surface area contributed by atoms with Crippen molar-refractivity contribution in [1.82, 2.24) is 9.88 Å². The van der Waals surface area contributed by atoms with E-state index >= 15 is 0 Å². The summed E-state index contributed by atoms with van der Waals surface area (Å²) >= 11 is 0. The minimum atomic E-state index is -4.88. The summed E-state index contributed by atoms with van der Waals surface area (Å²) in [5, 5.41) is 0.0620. The molecule has 4 aromatic rings. The van der Waals surface area contributed by atoms with Crippen molar-refractivity contribution in [2.75, 3.05) is 13.8 Å². The lowest BCUT2D eigenvalue weighted by atomic mass is 9.99. The van der Waals surface area contributed by atoms with Crippen molar-refractivity contribution < 1.29 is 27.1 Å². The van der Waals surface area contributed by atoms with Gasteiger partial charge in [0, 0.05) is 25.5 Å². The number of nitrogens with zero attached hydrogens (tertiary/aromatic N) is 2. The van der Waals surface area contributed by atoms with Crippen LogP contribution in [0.4, 0.5) is 13.2 Å². The van der Waals surface area contributed by atoms with Gasteiger partial charge in [-0.3, -0.25) is 14.7 Å². The first-order valence-corrected chi connectivity index (χ1v) is 10.4. The SMILES string of the molecule is COc1ccc(-c2c(C(F)(F)F)oc3c4c(ccc3c2=O)OCN(Cc2ccncc2)C4)cc1. The molecule has 5 rings (SSSR count). The van der Waals surface area contributed by atoms with Crippen LogP contribution in [0.25, 0.3) is 22.1 Å². The van der Waals surface area contributed by atoms with Gasteiger partial charge in [-0.2, -0.15) is 13.2 Å². The van der Waals surface area contributed by atoms with Crippen LogP contribution in [0.1, 0.15) is 16.9 Å². The molecular formula is C25H19F3N2O4. The van der Waals surface area contributed by atoms with Gasteiger partial charge in [-0.05, 0) is 47.5 Å². The Hall–Kier alpha value is -3.85. The van der Waals surface area contributed by atoms with Gasteiger partial charge in [0.1, 0.15) is 23.8 Å². The Labute approximate surface area is 192 Å². The third kappa shape index (κ3) is 3.99. The third-order valence-electron chi connectivity index (χ3n) is 5.70. The number of benzene rings is 2. The zero-order valence-electron chi connectivity index (χ0n) is 18.1. The van der Waals surface area contributed by atoms with Crippen molar-refractivity contribution in [3.8, 4) is 22.6 Å². The van der Waals surface area contributed by atoms with Gasteiger partial charge in [0.25, 0.3) is 0 Å². The number of pyridine rings is 1. The number of hydrogen-bond acceptors (Lipinski definition) is 6. The molecule has 0 fully saturated rings. The number of aromatic nitrogens is 1. The largest absolute Gasteiger partial charge is 0.497 e. The lowest BCUT2D eigenvalue weighted by molar-refractivity contribution is -0.152. The Bertz CT molecular complexity index is 1400. The number of ether oxygens (including phenoxy) is 2. The van der Waals surface area contributed by atoms with Crippen molar-refractivity contribution in [3.05, 3.63) is 88.0 Å². The number of halogens is 3. The third-order valence-corrected chi connectivity index (χ3v) is 5.70. The van der Waals surface area contributed by atoms with Crippen LogP contribution < -0.4 is 14.9 Å². The number of hydrogen-bond donors (Lipinski definition) is 0. The van der Waals surface area contributed by atoms with E-state index in [9.17, 15) is 18.0 Å². The van der Waals surface area contributed by atoms with Gasteiger partial charge in [-0.1, -0.05) is 12.1 Å². The highest BCUT2D eigenvalue weighted by Gasteiger charge is 2.40. The molecule has 0 radical (unpaired) electrons. The van der Waals surface area contributed by atoms with E-state index in [2.05, 4.69) is 4.98 Å². The van der Waals surface area contributed by atoms with E-state index in [0.717, 1.165) is 5.56 Å². The van der Waals surface area contributed by atoms with E-state index < -0.39 is 22.9 Å². The molecule has 34 heavy (non-hydrogen) atoms. The molecule has 0 bridgehead atoms. The highest BCUT2D eigenvalue weighted by atomic mass is 19.4. The first-order chi connectivity index (χ1) is 16.3. The smallest absolute Gasteiger partial charge is 0.450 e. The molecule has 2 aromatic heterocycles. The molecule has 2 aromatic carbocycles. The maximum Gasteiger partial charge on any atom is 0.450 e. The zero-order valence-corrected chi connectivity index (χ0v) is 18.1. The lowest BCUT2D eigenvalue weighted by Gasteiger charge is -2.29. The van der Waals surface area contributed by atoms with Crippen LogP contribution in [0.3, 0.4) is 0 Å². The summed E-state index contributed by atoms with van der Waals surface area (Å²) in [4.78, 5) is 19.2. The predicted octanol–water partition coefficient (Wildman–Crippen LogP) is 5.23. The van der Waals surface area contributed by atoms with E-state index in [1.165, 1.54) is 37.4 Å². The number of rotatable bonds is 4. The summed E-state index contributed by atoms with van der Waals surface area (Å²) in [6.07, 6.45) is -1.55. The first kappa shape index (κ1) is 22.0. The second-order valence-electron chi connectivity index (χ2n) is 7.90. The number of fused-ring (bicyclic) bond motifs is 3. The Balaban J connectivity index is 1.65. The molecule has 0 spiro atoms. The quantitative estimate of drug-likeness (QED) is 0.409. The molecule has 1 aliphatic heterocycles. The molecule has 6 nitrogen and oxygen atoms in total. The summed E-state index contributed by atoms with van der Waals surface area (Å²) < 4.78 is 58.6. The standard InChI is InChI=1S/C25H19F3N2O4/c1-32-17-4-2-16(3-5-17)21-22(31)18-6-7-20-19(23(18)34-24(21)25(26,27)28)13-30(14-33-20)12-15-8-10-29-11-9-15/h2-11H,12-14H2,1H3. The summed E-state index contributed by atoms with van der Waals surface area (Å²) in [6, 6.07) is 12.6. The molecular weight excluding hydrogens is 449 g/mol. The molecule has 0 saturated heterocycles. The second kappa shape index (κ2) is 8.49. The average Bonchev–Trinajstić information content (AvgIpc) is 2.84. The summed E-state index contributed by atoms with van der Waals surface area (Å²) in [5.74, 6) is -0.482. The van der Waals surface area contributed by atoms with Crippen LogP contribution in [-0.2, 0) is 19.3 Å². The first-order valence-electron chi connectivity index (χ1n) is 10.4. The summed E-state index contributed by atoms with van der Waals surface area (Å²) in [5.41, 5.74) is 0.0625.